The van der Waals surface area contributed by atoms with Gasteiger partial charge in [0, 0.05) is 26.2 Å². The van der Waals surface area contributed by atoms with Crippen molar-refractivity contribution < 1.29 is 27.1 Å². The third-order valence-corrected chi connectivity index (χ3v) is 6.10. The standard InChI is InChI=1S/C19H24N2O6S/c1-25-12-13-27-17-2-4-18(5-3-17)28(23,24)20-16-6-9-21(10-7-16)19(22)15-8-11-26-14-15/h2-5,8,11,14,16,20H,6-7,9-10,12-13H2,1H3. The van der Waals surface area contributed by atoms with E-state index in [0.717, 1.165) is 0 Å². The number of ether oxygens (including phenoxy) is 2. The Labute approximate surface area is 164 Å². The second-order valence-electron chi connectivity index (χ2n) is 6.51. The molecule has 28 heavy (non-hydrogen) atoms. The summed E-state index contributed by atoms with van der Waals surface area (Å²) in [5, 5.41) is 0. The molecule has 1 N–H and O–H groups in total. The molecule has 8 nitrogen and oxygen atoms in total. The first-order valence-corrected chi connectivity index (χ1v) is 10.5. The number of piperidine rings is 1. The number of benzene rings is 1. The minimum atomic E-state index is -3.63. The summed E-state index contributed by atoms with van der Waals surface area (Å²) in [6, 6.07) is 7.69. The van der Waals surface area contributed by atoms with Crippen LogP contribution in [0, 0.1) is 0 Å². The minimum absolute atomic E-state index is 0.0980. The Kier molecular flexibility index (Phi) is 6.71. The maximum Gasteiger partial charge on any atom is 0.257 e. The highest BCUT2D eigenvalue weighted by atomic mass is 32.2. The second-order valence-corrected chi connectivity index (χ2v) is 8.23. The van der Waals surface area contributed by atoms with Gasteiger partial charge >= 0.3 is 0 Å². The Morgan fingerprint density at radius 2 is 1.89 bits per heavy atom. The number of hydrogen-bond acceptors (Lipinski definition) is 6. The van der Waals surface area contributed by atoms with Crippen LogP contribution in [0.3, 0.4) is 0 Å². The first kappa shape index (κ1) is 20.4. The highest BCUT2D eigenvalue weighted by Gasteiger charge is 2.27. The van der Waals surface area contributed by atoms with Gasteiger partial charge in [0.15, 0.2) is 0 Å². The van der Waals surface area contributed by atoms with Gasteiger partial charge in [-0.1, -0.05) is 0 Å². The number of amides is 1. The van der Waals surface area contributed by atoms with E-state index in [4.69, 9.17) is 13.9 Å². The van der Waals surface area contributed by atoms with E-state index in [1.54, 1.807) is 30.2 Å². The number of methoxy groups -OCH3 is 1. The Bertz CT molecular complexity index is 856. The van der Waals surface area contributed by atoms with Gasteiger partial charge in [0.05, 0.1) is 23.3 Å². The molecule has 152 valence electrons. The zero-order valence-corrected chi connectivity index (χ0v) is 16.5. The molecule has 1 fully saturated rings. The van der Waals surface area contributed by atoms with Crippen LogP contribution in [0.15, 0.2) is 52.2 Å². The topological polar surface area (TPSA) is 98.1 Å². The first-order chi connectivity index (χ1) is 13.5. The molecule has 1 aliphatic rings. The van der Waals surface area contributed by atoms with Crippen LogP contribution in [0.1, 0.15) is 23.2 Å². The van der Waals surface area contributed by atoms with Crippen LogP contribution in [-0.4, -0.2) is 58.7 Å². The number of carbonyl (C=O) groups is 1. The van der Waals surface area contributed by atoms with Gasteiger partial charge in [0.2, 0.25) is 10.0 Å². The fourth-order valence-corrected chi connectivity index (χ4v) is 4.32. The Hall–Kier alpha value is -2.36. The fraction of sp³-hybridized carbons (Fsp3) is 0.421. The lowest BCUT2D eigenvalue weighted by molar-refractivity contribution is 0.0710. The summed E-state index contributed by atoms with van der Waals surface area (Å²) in [5.41, 5.74) is 0.506. The van der Waals surface area contributed by atoms with Crippen molar-refractivity contribution >= 4 is 15.9 Å². The minimum Gasteiger partial charge on any atom is -0.491 e. The second kappa shape index (κ2) is 9.22. The molecule has 1 saturated heterocycles. The maximum atomic E-state index is 12.6. The van der Waals surface area contributed by atoms with Gasteiger partial charge in [0.25, 0.3) is 5.91 Å². The fourth-order valence-electron chi connectivity index (χ4n) is 3.01. The molecule has 0 unspecified atom stereocenters. The zero-order chi connectivity index (χ0) is 20.0. The lowest BCUT2D eigenvalue weighted by atomic mass is 10.1. The molecule has 3 rings (SSSR count). The number of rotatable bonds is 8. The lowest BCUT2D eigenvalue weighted by Crippen LogP contribution is -2.46. The molecule has 0 saturated carbocycles. The average Bonchev–Trinajstić information content (AvgIpc) is 3.23. The van der Waals surface area contributed by atoms with E-state index in [1.165, 1.54) is 24.7 Å². The van der Waals surface area contributed by atoms with Crippen LogP contribution in [0.5, 0.6) is 5.75 Å². The van der Waals surface area contributed by atoms with Crippen molar-refractivity contribution in [3.63, 3.8) is 0 Å². The zero-order valence-electron chi connectivity index (χ0n) is 15.7. The van der Waals surface area contributed by atoms with E-state index in [-0.39, 0.29) is 16.8 Å². The Morgan fingerprint density at radius 1 is 1.18 bits per heavy atom. The summed E-state index contributed by atoms with van der Waals surface area (Å²) in [6.45, 7) is 1.84. The summed E-state index contributed by atoms with van der Waals surface area (Å²) in [5.74, 6) is 0.487. The molecule has 1 aliphatic heterocycles. The Morgan fingerprint density at radius 3 is 2.50 bits per heavy atom. The summed E-state index contributed by atoms with van der Waals surface area (Å²) >= 11 is 0. The van der Waals surface area contributed by atoms with Crippen molar-refractivity contribution in [3.8, 4) is 5.75 Å². The molecule has 1 aromatic carbocycles. The van der Waals surface area contributed by atoms with Crippen LogP contribution in [0.2, 0.25) is 0 Å². The van der Waals surface area contributed by atoms with Crippen LogP contribution in [0.4, 0.5) is 0 Å². The van der Waals surface area contributed by atoms with Crippen LogP contribution in [-0.2, 0) is 14.8 Å². The molecular formula is C19H24N2O6S. The van der Waals surface area contributed by atoms with Crippen molar-refractivity contribution in [2.45, 2.75) is 23.8 Å². The van der Waals surface area contributed by atoms with E-state index < -0.39 is 10.0 Å². The lowest BCUT2D eigenvalue weighted by Gasteiger charge is -2.32. The predicted molar refractivity (Wildman–Crippen MR) is 102 cm³/mol. The van der Waals surface area contributed by atoms with Crippen molar-refractivity contribution in [3.05, 3.63) is 48.4 Å². The molecule has 0 spiro atoms. The number of furan rings is 1. The number of nitrogens with one attached hydrogen (secondary N) is 1. The molecule has 0 atom stereocenters. The Balaban J connectivity index is 1.53. The third-order valence-electron chi connectivity index (χ3n) is 4.56. The molecule has 2 aromatic rings. The molecule has 2 heterocycles. The van der Waals surface area contributed by atoms with Crippen molar-refractivity contribution in [1.29, 1.82) is 0 Å². The molecule has 1 amide bonds. The SMILES string of the molecule is COCCOc1ccc(S(=O)(=O)NC2CCN(C(=O)c3ccoc3)CC2)cc1. The quantitative estimate of drug-likeness (QED) is 0.670. The predicted octanol–water partition coefficient (Wildman–Crippen LogP) is 1.89. The highest BCUT2D eigenvalue weighted by Crippen LogP contribution is 2.19. The van der Waals surface area contributed by atoms with Gasteiger partial charge in [-0.2, -0.15) is 0 Å². The van der Waals surface area contributed by atoms with Gasteiger partial charge in [-0.05, 0) is 43.2 Å². The highest BCUT2D eigenvalue weighted by molar-refractivity contribution is 7.89. The summed E-state index contributed by atoms with van der Waals surface area (Å²) in [4.78, 5) is 14.2. The van der Waals surface area contributed by atoms with Crippen LogP contribution in [0.25, 0.3) is 0 Å². The van der Waals surface area contributed by atoms with Gasteiger partial charge < -0.3 is 18.8 Å². The monoisotopic (exact) mass is 408 g/mol. The van der Waals surface area contributed by atoms with E-state index in [2.05, 4.69) is 4.72 Å². The largest absolute Gasteiger partial charge is 0.491 e. The molecular weight excluding hydrogens is 384 g/mol. The smallest absolute Gasteiger partial charge is 0.257 e. The number of nitrogens with zero attached hydrogens (tertiary/aromatic N) is 1. The van der Waals surface area contributed by atoms with Crippen LogP contribution >= 0.6 is 0 Å². The molecule has 0 aliphatic carbocycles. The summed E-state index contributed by atoms with van der Waals surface area (Å²) in [6.07, 6.45) is 3.99. The first-order valence-electron chi connectivity index (χ1n) is 9.05. The number of hydrogen-bond donors (Lipinski definition) is 1. The van der Waals surface area contributed by atoms with Gasteiger partial charge in [-0.3, -0.25) is 4.79 Å². The van der Waals surface area contributed by atoms with E-state index in [0.29, 0.717) is 50.5 Å². The normalized spacial score (nSPS) is 15.5. The average molecular weight is 408 g/mol. The summed E-state index contributed by atoms with van der Waals surface area (Å²) < 4.78 is 43.2. The van der Waals surface area contributed by atoms with E-state index in [9.17, 15) is 13.2 Å². The van der Waals surface area contributed by atoms with Crippen LogP contribution < -0.4 is 9.46 Å². The van der Waals surface area contributed by atoms with Crippen molar-refractivity contribution in [1.82, 2.24) is 9.62 Å². The van der Waals surface area contributed by atoms with Crippen molar-refractivity contribution in [2.24, 2.45) is 0 Å². The third kappa shape index (κ3) is 5.12. The summed E-state index contributed by atoms with van der Waals surface area (Å²) in [7, 11) is -2.05. The number of sulfonamides is 1. The molecule has 0 radical (unpaired) electrons. The maximum absolute atomic E-state index is 12.6. The molecule has 0 bridgehead atoms. The number of carbonyl (C=O) groups excluding carboxylic acids is 1. The number of likely N-dealkylation sites (tertiary alicyclic amines) is 1. The van der Waals surface area contributed by atoms with E-state index in [1.807, 2.05) is 0 Å². The van der Waals surface area contributed by atoms with Crippen molar-refractivity contribution in [2.75, 3.05) is 33.4 Å². The molecule has 9 heteroatoms. The van der Waals surface area contributed by atoms with Gasteiger partial charge in [0.1, 0.15) is 18.6 Å². The van der Waals surface area contributed by atoms with Gasteiger partial charge in [-0.25, -0.2) is 13.1 Å². The molecule has 1 aromatic heterocycles. The van der Waals surface area contributed by atoms with Gasteiger partial charge in [-0.15, -0.1) is 0 Å². The van der Waals surface area contributed by atoms with E-state index >= 15 is 0 Å².